The first-order valence-corrected chi connectivity index (χ1v) is 3.16. The van der Waals surface area contributed by atoms with Crippen molar-refractivity contribution in [2.45, 2.75) is 0 Å². The first-order chi connectivity index (χ1) is 5.15. The number of nitrogens with one attached hydrogen (secondary N) is 1. The Morgan fingerprint density at radius 2 is 2.45 bits per heavy atom. The second kappa shape index (κ2) is 2.61. The molecule has 0 aliphatic heterocycles. The molecule has 0 bridgehead atoms. The van der Waals surface area contributed by atoms with E-state index >= 15 is 0 Å². The van der Waals surface area contributed by atoms with Gasteiger partial charge in [-0.2, -0.15) is 5.10 Å². The predicted molar refractivity (Wildman–Crippen MR) is 41.3 cm³/mol. The van der Waals surface area contributed by atoms with Gasteiger partial charge in [0.2, 0.25) is 0 Å². The van der Waals surface area contributed by atoms with Crippen LogP contribution in [0.5, 0.6) is 0 Å². The minimum atomic E-state index is -0.471. The molecule has 0 saturated carbocycles. The molecule has 0 aliphatic rings. The number of primary amides is 1. The Kier molecular flexibility index (Phi) is 1.80. The summed E-state index contributed by atoms with van der Waals surface area (Å²) in [5, 5.41) is 6.76. The molecule has 3 N–H and O–H groups in total. The van der Waals surface area contributed by atoms with E-state index in [0.29, 0.717) is 11.5 Å². The standard InChI is InChI=1S/C6H10N4O/c1-8-5-3-4(6(7)11)10(2)9-5/h3H,1-2H3,(H2,7,11)(H,8,9). The van der Waals surface area contributed by atoms with Crippen molar-refractivity contribution in [3.8, 4) is 0 Å². The van der Waals surface area contributed by atoms with Crippen molar-refractivity contribution in [2.75, 3.05) is 12.4 Å². The van der Waals surface area contributed by atoms with Gasteiger partial charge in [-0.1, -0.05) is 0 Å². The summed E-state index contributed by atoms with van der Waals surface area (Å²) < 4.78 is 1.44. The van der Waals surface area contributed by atoms with E-state index in [1.807, 2.05) is 0 Å². The lowest BCUT2D eigenvalue weighted by Gasteiger charge is -1.92. The van der Waals surface area contributed by atoms with Gasteiger partial charge in [0, 0.05) is 20.2 Å². The lowest BCUT2D eigenvalue weighted by Crippen LogP contribution is -2.15. The van der Waals surface area contributed by atoms with E-state index in [4.69, 9.17) is 5.73 Å². The van der Waals surface area contributed by atoms with Gasteiger partial charge in [-0.25, -0.2) is 0 Å². The van der Waals surface area contributed by atoms with Crippen molar-refractivity contribution in [3.63, 3.8) is 0 Å². The molecule has 0 atom stereocenters. The largest absolute Gasteiger partial charge is 0.372 e. The number of carbonyl (C=O) groups is 1. The molecule has 1 aromatic rings. The first kappa shape index (κ1) is 7.59. The molecule has 0 radical (unpaired) electrons. The maximum atomic E-state index is 10.7. The number of hydrogen-bond acceptors (Lipinski definition) is 3. The zero-order chi connectivity index (χ0) is 8.43. The second-order valence-corrected chi connectivity index (χ2v) is 2.15. The third kappa shape index (κ3) is 1.31. The molecule has 0 aliphatic carbocycles. The Labute approximate surface area is 64.2 Å². The summed E-state index contributed by atoms with van der Waals surface area (Å²) in [4.78, 5) is 10.7. The number of hydrogen-bond donors (Lipinski definition) is 2. The van der Waals surface area contributed by atoms with Gasteiger partial charge in [0.1, 0.15) is 11.5 Å². The molecule has 0 spiro atoms. The Morgan fingerprint density at radius 1 is 1.82 bits per heavy atom. The second-order valence-electron chi connectivity index (χ2n) is 2.15. The summed E-state index contributed by atoms with van der Waals surface area (Å²) in [7, 11) is 3.40. The molecule has 1 aromatic heterocycles. The van der Waals surface area contributed by atoms with Crippen molar-refractivity contribution in [1.29, 1.82) is 0 Å². The Hall–Kier alpha value is -1.52. The fourth-order valence-corrected chi connectivity index (χ4v) is 0.820. The average Bonchev–Trinajstić information content (AvgIpc) is 2.30. The van der Waals surface area contributed by atoms with Crippen LogP contribution < -0.4 is 11.1 Å². The molecule has 5 nitrogen and oxygen atoms in total. The van der Waals surface area contributed by atoms with Crippen LogP contribution in [0.3, 0.4) is 0 Å². The van der Waals surface area contributed by atoms with E-state index in [9.17, 15) is 4.79 Å². The van der Waals surface area contributed by atoms with Crippen LogP contribution in [-0.2, 0) is 7.05 Å². The van der Waals surface area contributed by atoms with Gasteiger partial charge in [0.15, 0.2) is 0 Å². The molecule has 0 saturated heterocycles. The SMILES string of the molecule is CNc1cc(C(N)=O)n(C)n1. The van der Waals surface area contributed by atoms with Gasteiger partial charge in [-0.3, -0.25) is 9.48 Å². The minimum Gasteiger partial charge on any atom is -0.372 e. The number of nitrogens with zero attached hydrogens (tertiary/aromatic N) is 2. The highest BCUT2D eigenvalue weighted by molar-refractivity contribution is 5.91. The van der Waals surface area contributed by atoms with E-state index in [1.54, 1.807) is 20.2 Å². The molecular weight excluding hydrogens is 144 g/mol. The van der Waals surface area contributed by atoms with Crippen LogP contribution >= 0.6 is 0 Å². The van der Waals surface area contributed by atoms with Gasteiger partial charge in [0.05, 0.1) is 0 Å². The van der Waals surface area contributed by atoms with Gasteiger partial charge in [0.25, 0.3) is 5.91 Å². The summed E-state index contributed by atoms with van der Waals surface area (Å²) in [5.74, 6) is 0.169. The molecule has 0 fully saturated rings. The third-order valence-electron chi connectivity index (χ3n) is 1.39. The number of anilines is 1. The number of aryl methyl sites for hydroxylation is 1. The lowest BCUT2D eigenvalue weighted by molar-refractivity contribution is 0.0991. The lowest BCUT2D eigenvalue weighted by atomic mass is 10.4. The van der Waals surface area contributed by atoms with E-state index < -0.39 is 5.91 Å². The van der Waals surface area contributed by atoms with E-state index in [2.05, 4.69) is 10.4 Å². The summed E-state index contributed by atoms with van der Waals surface area (Å²) in [5.41, 5.74) is 5.45. The van der Waals surface area contributed by atoms with Crippen LogP contribution in [0, 0.1) is 0 Å². The molecule has 0 unspecified atom stereocenters. The highest BCUT2D eigenvalue weighted by Crippen LogP contribution is 2.05. The Balaban J connectivity index is 3.07. The number of rotatable bonds is 2. The van der Waals surface area contributed by atoms with Gasteiger partial charge < -0.3 is 11.1 Å². The van der Waals surface area contributed by atoms with Crippen molar-refractivity contribution >= 4 is 11.7 Å². The van der Waals surface area contributed by atoms with E-state index in [1.165, 1.54) is 4.68 Å². The van der Waals surface area contributed by atoms with E-state index in [0.717, 1.165) is 0 Å². The summed E-state index contributed by atoms with van der Waals surface area (Å²) in [6, 6.07) is 1.60. The van der Waals surface area contributed by atoms with Crippen molar-refractivity contribution in [2.24, 2.45) is 12.8 Å². The quantitative estimate of drug-likeness (QED) is 0.606. The normalized spacial score (nSPS) is 9.64. The minimum absolute atomic E-state index is 0.398. The average molecular weight is 154 g/mol. The van der Waals surface area contributed by atoms with E-state index in [-0.39, 0.29) is 0 Å². The highest BCUT2D eigenvalue weighted by Gasteiger charge is 2.07. The molecule has 1 amide bonds. The zero-order valence-electron chi connectivity index (χ0n) is 6.46. The third-order valence-corrected chi connectivity index (χ3v) is 1.39. The Bertz CT molecular complexity index is 278. The van der Waals surface area contributed by atoms with Crippen LogP contribution in [-0.4, -0.2) is 22.7 Å². The first-order valence-electron chi connectivity index (χ1n) is 3.16. The fourth-order valence-electron chi connectivity index (χ4n) is 0.820. The molecule has 11 heavy (non-hydrogen) atoms. The van der Waals surface area contributed by atoms with Gasteiger partial charge in [-0.15, -0.1) is 0 Å². The fraction of sp³-hybridized carbons (Fsp3) is 0.333. The highest BCUT2D eigenvalue weighted by atomic mass is 16.1. The maximum absolute atomic E-state index is 10.7. The predicted octanol–water partition coefficient (Wildman–Crippen LogP) is -0.439. The van der Waals surface area contributed by atoms with Crippen LogP contribution in [0.15, 0.2) is 6.07 Å². The number of nitrogens with two attached hydrogens (primary N) is 1. The molecule has 60 valence electrons. The number of amides is 1. The van der Waals surface area contributed by atoms with Crippen LogP contribution in [0.1, 0.15) is 10.5 Å². The smallest absolute Gasteiger partial charge is 0.267 e. The molecule has 1 heterocycles. The Morgan fingerprint density at radius 3 is 2.73 bits per heavy atom. The van der Waals surface area contributed by atoms with Crippen molar-refractivity contribution in [3.05, 3.63) is 11.8 Å². The number of carbonyl (C=O) groups excluding carboxylic acids is 1. The summed E-state index contributed by atoms with van der Waals surface area (Å²) in [6.07, 6.45) is 0. The molecule has 5 heteroatoms. The summed E-state index contributed by atoms with van der Waals surface area (Å²) >= 11 is 0. The monoisotopic (exact) mass is 154 g/mol. The van der Waals surface area contributed by atoms with Crippen molar-refractivity contribution < 1.29 is 4.79 Å². The van der Waals surface area contributed by atoms with Crippen LogP contribution in [0.4, 0.5) is 5.82 Å². The van der Waals surface area contributed by atoms with Crippen molar-refractivity contribution in [1.82, 2.24) is 9.78 Å². The topological polar surface area (TPSA) is 72.9 Å². The number of aromatic nitrogens is 2. The maximum Gasteiger partial charge on any atom is 0.267 e. The van der Waals surface area contributed by atoms with Crippen LogP contribution in [0.2, 0.25) is 0 Å². The zero-order valence-corrected chi connectivity index (χ0v) is 6.46. The van der Waals surface area contributed by atoms with Crippen LogP contribution in [0.25, 0.3) is 0 Å². The van der Waals surface area contributed by atoms with Gasteiger partial charge in [-0.05, 0) is 0 Å². The molecular formula is C6H10N4O. The summed E-state index contributed by atoms with van der Waals surface area (Å²) in [6.45, 7) is 0. The molecule has 0 aromatic carbocycles. The molecule has 1 rings (SSSR count). The van der Waals surface area contributed by atoms with Gasteiger partial charge >= 0.3 is 0 Å².